The van der Waals surface area contributed by atoms with E-state index < -0.39 is 0 Å². The number of ether oxygens (including phenoxy) is 1. The van der Waals surface area contributed by atoms with Crippen LogP contribution in [0.5, 0.6) is 11.5 Å². The van der Waals surface area contributed by atoms with Crippen LogP contribution in [-0.2, 0) is 0 Å². The van der Waals surface area contributed by atoms with E-state index in [2.05, 4.69) is 265 Å². The molecule has 0 saturated heterocycles. The van der Waals surface area contributed by atoms with Gasteiger partial charge in [-0.15, -0.1) is 0 Å². The molecule has 0 spiro atoms. The Labute approximate surface area is 424 Å². The van der Waals surface area contributed by atoms with Gasteiger partial charge in [-0.1, -0.05) is 217 Å². The van der Waals surface area contributed by atoms with Crippen molar-refractivity contribution in [2.45, 2.75) is 9.79 Å². The molecular weight excluding hydrogens is 890 g/mol. The molecule has 4 aliphatic rings. The van der Waals surface area contributed by atoms with Crippen molar-refractivity contribution in [3.63, 3.8) is 0 Å². The maximum atomic E-state index is 7.08. The van der Waals surface area contributed by atoms with E-state index in [-0.39, 0.29) is 13.4 Å². The highest BCUT2D eigenvalue weighted by atomic mass is 32.2. The number of hydrogen-bond donors (Lipinski definition) is 0. The lowest BCUT2D eigenvalue weighted by Gasteiger charge is -2.44. The minimum Gasteiger partial charge on any atom is -0.458 e. The van der Waals surface area contributed by atoms with Crippen molar-refractivity contribution in [1.29, 1.82) is 0 Å². The molecule has 0 saturated carbocycles. The molecule has 0 aliphatic carbocycles. The summed E-state index contributed by atoms with van der Waals surface area (Å²) in [4.78, 5) is 7.64. The predicted octanol–water partition coefficient (Wildman–Crippen LogP) is 13.5. The molecule has 11 aromatic rings. The van der Waals surface area contributed by atoms with Crippen LogP contribution in [0.4, 0.5) is 34.1 Å². The molecule has 4 aliphatic heterocycles. The third-order valence-corrected chi connectivity index (χ3v) is 16.3. The summed E-state index contributed by atoms with van der Waals surface area (Å²) in [6.45, 7) is -0.108. The number of rotatable bonds is 6. The van der Waals surface area contributed by atoms with E-state index in [0.29, 0.717) is 0 Å². The van der Waals surface area contributed by atoms with Crippen molar-refractivity contribution >= 4 is 92.1 Å². The first-order chi connectivity index (χ1) is 35.7. The van der Waals surface area contributed by atoms with E-state index in [1.807, 2.05) is 11.8 Å². The summed E-state index contributed by atoms with van der Waals surface area (Å²) in [5.41, 5.74) is 24.0. The number of hydrogen-bond acceptors (Lipinski definition) is 4. The molecule has 11 aromatic carbocycles. The highest BCUT2D eigenvalue weighted by molar-refractivity contribution is 8.00. The first-order valence-corrected chi connectivity index (χ1v) is 25.6. The predicted molar refractivity (Wildman–Crippen MR) is 304 cm³/mol. The van der Waals surface area contributed by atoms with Crippen LogP contribution in [0, 0.1) is 0 Å². The van der Waals surface area contributed by atoms with E-state index in [1.165, 1.54) is 93.0 Å². The van der Waals surface area contributed by atoms with Crippen LogP contribution in [0.25, 0.3) is 44.5 Å². The van der Waals surface area contributed by atoms with Gasteiger partial charge in [0, 0.05) is 43.7 Å². The topological polar surface area (TPSA) is 15.7 Å². The van der Waals surface area contributed by atoms with Gasteiger partial charge in [-0.3, -0.25) is 0 Å². The fourth-order valence-corrected chi connectivity index (χ4v) is 13.3. The number of nitrogens with zero attached hydrogens (tertiary/aromatic N) is 2. The van der Waals surface area contributed by atoms with Crippen LogP contribution >= 0.6 is 11.8 Å². The van der Waals surface area contributed by atoms with Crippen LogP contribution in [-0.4, -0.2) is 13.4 Å². The van der Waals surface area contributed by atoms with Gasteiger partial charge < -0.3 is 14.5 Å². The molecule has 15 rings (SSSR count). The first kappa shape index (κ1) is 41.1. The first-order valence-electron chi connectivity index (χ1n) is 24.8. The molecule has 0 fully saturated rings. The molecule has 6 heteroatoms. The van der Waals surface area contributed by atoms with E-state index in [4.69, 9.17) is 4.74 Å². The Morgan fingerprint density at radius 2 is 0.750 bits per heavy atom. The highest BCUT2D eigenvalue weighted by Crippen LogP contribution is 2.50. The maximum Gasteiger partial charge on any atom is 0.256 e. The van der Waals surface area contributed by atoms with Crippen molar-refractivity contribution < 1.29 is 4.74 Å². The number of benzene rings is 11. The fourth-order valence-electron chi connectivity index (χ4n) is 12.1. The fraction of sp³-hybridized carbons (Fsp3) is 0. The maximum absolute atomic E-state index is 7.08. The standard InChI is InChI=1S/C66H42B2N2OS/c1-5-21-43(22-6-1)47-37-59-65-62(39-47)71-61-36-20-16-32-52(61)68(65)53-41-54-63(42-58(53)70(59)56-34-18-14-30-50(56)46-27-11-4-12-28-46)72-64-40-48(44-23-7-2-8-24-44)38-60-66(64)67(54)51-31-15-19-35-57(51)69(60)55-33-17-13-29-49(55)45-25-9-3-10-26-45/h1-42H. The molecule has 0 radical (unpaired) electrons. The normalized spacial score (nSPS) is 13.2. The summed E-state index contributed by atoms with van der Waals surface area (Å²) in [6, 6.07) is 93.7. The molecule has 4 heterocycles. The van der Waals surface area contributed by atoms with Crippen molar-refractivity contribution in [3.8, 4) is 56.0 Å². The van der Waals surface area contributed by atoms with Crippen molar-refractivity contribution in [3.05, 3.63) is 255 Å². The quantitative estimate of drug-likeness (QED) is 0.154. The van der Waals surface area contributed by atoms with Crippen LogP contribution in [0.1, 0.15) is 0 Å². The minimum absolute atomic E-state index is 0.0285. The molecule has 72 heavy (non-hydrogen) atoms. The van der Waals surface area contributed by atoms with E-state index in [9.17, 15) is 0 Å². The summed E-state index contributed by atoms with van der Waals surface area (Å²) in [5.74, 6) is 1.80. The van der Waals surface area contributed by atoms with Gasteiger partial charge in [0.2, 0.25) is 6.71 Å². The third-order valence-electron chi connectivity index (χ3n) is 15.2. The average molecular weight is 933 g/mol. The van der Waals surface area contributed by atoms with Gasteiger partial charge >= 0.3 is 0 Å². The summed E-state index contributed by atoms with van der Waals surface area (Å²) >= 11 is 1.92. The molecule has 0 amide bonds. The monoisotopic (exact) mass is 932 g/mol. The van der Waals surface area contributed by atoms with E-state index >= 15 is 0 Å². The second-order valence-electron chi connectivity index (χ2n) is 19.1. The van der Waals surface area contributed by atoms with Gasteiger partial charge in [0.1, 0.15) is 11.5 Å². The van der Waals surface area contributed by atoms with Crippen molar-refractivity contribution in [2.75, 3.05) is 9.80 Å². The number of fused-ring (bicyclic) bond motifs is 8. The Morgan fingerprint density at radius 1 is 0.278 bits per heavy atom. The lowest BCUT2D eigenvalue weighted by molar-refractivity contribution is 0.488. The summed E-state index contributed by atoms with van der Waals surface area (Å²) in [7, 11) is 0. The zero-order valence-electron chi connectivity index (χ0n) is 39.1. The molecular formula is C66H42B2N2OS. The zero-order chi connectivity index (χ0) is 47.3. The molecule has 0 bridgehead atoms. The van der Waals surface area contributed by atoms with Gasteiger partial charge in [-0.2, -0.15) is 0 Å². The minimum atomic E-state index is -0.0791. The Morgan fingerprint density at radius 3 is 1.38 bits per heavy atom. The lowest BCUT2D eigenvalue weighted by Crippen LogP contribution is -2.63. The molecule has 0 atom stereocenters. The molecule has 0 N–H and O–H groups in total. The third kappa shape index (κ3) is 6.35. The molecule has 0 unspecified atom stereocenters. The lowest BCUT2D eigenvalue weighted by atomic mass is 9.31. The van der Waals surface area contributed by atoms with Gasteiger partial charge in [-0.25, -0.2) is 0 Å². The molecule has 334 valence electrons. The Balaban J connectivity index is 1.02. The SMILES string of the molecule is c1ccc(-c2cc3c4c(c2)N(c2ccccc2-c2ccccc2)c2cc5c(cc2B4c2ccccc2O3)B2c3ccccc3N(c3ccccc3-c3ccccc3)c3cc(-c4ccccc4)cc(c32)S5)cc1. The number of para-hydroxylation sites is 4. The van der Waals surface area contributed by atoms with Crippen LogP contribution < -0.4 is 47.3 Å². The zero-order valence-corrected chi connectivity index (χ0v) is 39.9. The summed E-state index contributed by atoms with van der Waals surface area (Å²) in [6.07, 6.45) is 0. The number of anilines is 6. The Hall–Kier alpha value is -8.70. The van der Waals surface area contributed by atoms with E-state index in [0.717, 1.165) is 39.7 Å². The second-order valence-corrected chi connectivity index (χ2v) is 20.2. The van der Waals surface area contributed by atoms with E-state index in [1.54, 1.807) is 0 Å². The van der Waals surface area contributed by atoms with Crippen molar-refractivity contribution in [1.82, 2.24) is 0 Å². The highest BCUT2D eigenvalue weighted by Gasteiger charge is 2.47. The Bertz CT molecular complexity index is 3960. The van der Waals surface area contributed by atoms with Crippen LogP contribution in [0.3, 0.4) is 0 Å². The Kier molecular flexibility index (Phi) is 9.39. The largest absolute Gasteiger partial charge is 0.458 e. The molecule has 3 nitrogen and oxygen atoms in total. The van der Waals surface area contributed by atoms with Crippen LogP contribution in [0.15, 0.2) is 265 Å². The second kappa shape index (κ2) is 16.4. The van der Waals surface area contributed by atoms with Gasteiger partial charge in [-0.05, 0) is 115 Å². The summed E-state index contributed by atoms with van der Waals surface area (Å²) < 4.78 is 7.08. The van der Waals surface area contributed by atoms with Gasteiger partial charge in [0.25, 0.3) is 6.71 Å². The van der Waals surface area contributed by atoms with Gasteiger partial charge in [0.05, 0.1) is 11.4 Å². The van der Waals surface area contributed by atoms with Crippen molar-refractivity contribution in [2.24, 2.45) is 0 Å². The van der Waals surface area contributed by atoms with Crippen LogP contribution in [0.2, 0.25) is 0 Å². The smallest absolute Gasteiger partial charge is 0.256 e. The van der Waals surface area contributed by atoms with Gasteiger partial charge in [0.15, 0.2) is 0 Å². The summed E-state index contributed by atoms with van der Waals surface area (Å²) in [5, 5.41) is 0. The molecule has 0 aromatic heterocycles. The average Bonchev–Trinajstić information content (AvgIpc) is 3.45.